The van der Waals surface area contributed by atoms with Crippen molar-refractivity contribution in [2.45, 2.75) is 44.9 Å². The highest BCUT2D eigenvalue weighted by atomic mass is 32.2. The zero-order valence-corrected chi connectivity index (χ0v) is 11.6. The summed E-state index contributed by atoms with van der Waals surface area (Å²) < 4.78 is 0. The van der Waals surface area contributed by atoms with E-state index in [2.05, 4.69) is 13.8 Å². The van der Waals surface area contributed by atoms with Crippen LogP contribution in [-0.2, 0) is 9.59 Å². The quantitative estimate of drug-likeness (QED) is 0.779. The minimum Gasteiger partial charge on any atom is -0.368 e. The summed E-state index contributed by atoms with van der Waals surface area (Å²) in [6.07, 6.45) is 1.16. The summed E-state index contributed by atoms with van der Waals surface area (Å²) in [7, 11) is 0. The van der Waals surface area contributed by atoms with Crippen molar-refractivity contribution in [1.29, 1.82) is 0 Å². The number of nitrogens with zero attached hydrogens (tertiary/aromatic N) is 1. The van der Waals surface area contributed by atoms with Crippen molar-refractivity contribution in [1.82, 2.24) is 4.90 Å². The largest absolute Gasteiger partial charge is 0.368 e. The molecule has 1 aliphatic rings. The molecule has 0 spiro atoms. The van der Waals surface area contributed by atoms with E-state index < -0.39 is 11.9 Å². The third-order valence-electron chi connectivity index (χ3n) is 3.00. The van der Waals surface area contributed by atoms with E-state index in [-0.39, 0.29) is 5.91 Å². The van der Waals surface area contributed by atoms with Gasteiger partial charge in [-0.1, -0.05) is 20.8 Å². The molecule has 1 aliphatic heterocycles. The lowest BCUT2D eigenvalue weighted by Gasteiger charge is -2.24. The first-order chi connectivity index (χ1) is 7.95. The smallest absolute Gasteiger partial charge is 0.240 e. The van der Waals surface area contributed by atoms with Crippen LogP contribution >= 0.6 is 11.8 Å². The molecule has 1 unspecified atom stereocenters. The molecule has 2 atom stereocenters. The highest BCUT2D eigenvalue weighted by Gasteiger charge is 2.35. The van der Waals surface area contributed by atoms with Crippen LogP contribution in [0.15, 0.2) is 0 Å². The van der Waals surface area contributed by atoms with Crippen molar-refractivity contribution in [2.75, 3.05) is 12.3 Å². The molecule has 0 aromatic rings. The third kappa shape index (κ3) is 3.91. The third-order valence-corrected chi connectivity index (χ3v) is 4.33. The number of nitrogens with two attached hydrogens (primary N) is 1. The number of carbonyl (C=O) groups excluding carboxylic acids is 2. The van der Waals surface area contributed by atoms with Crippen molar-refractivity contribution >= 4 is 23.6 Å². The molecule has 0 bridgehead atoms. The van der Waals surface area contributed by atoms with Gasteiger partial charge < -0.3 is 10.6 Å². The standard InChI is InChI=1S/C12H22N2O2S/c1-4-10(12(13)16)14-6-9(5-11(14)15)7-17-8(2)3/h8-10H,4-7H2,1-3H3,(H2,13,16)/t9?,10-/m0/s1. The highest BCUT2D eigenvalue weighted by molar-refractivity contribution is 7.99. The molecular weight excluding hydrogens is 236 g/mol. The predicted molar refractivity (Wildman–Crippen MR) is 70.7 cm³/mol. The fourth-order valence-electron chi connectivity index (χ4n) is 2.13. The molecule has 0 aliphatic carbocycles. The molecule has 0 radical (unpaired) electrons. The maximum atomic E-state index is 11.8. The zero-order valence-electron chi connectivity index (χ0n) is 10.8. The van der Waals surface area contributed by atoms with Crippen LogP contribution in [0.2, 0.25) is 0 Å². The summed E-state index contributed by atoms with van der Waals surface area (Å²) in [4.78, 5) is 24.8. The van der Waals surface area contributed by atoms with E-state index in [1.807, 2.05) is 18.7 Å². The first kappa shape index (κ1) is 14.4. The van der Waals surface area contributed by atoms with Gasteiger partial charge in [0.15, 0.2) is 0 Å². The van der Waals surface area contributed by atoms with Gasteiger partial charge in [0.25, 0.3) is 0 Å². The molecule has 1 saturated heterocycles. The van der Waals surface area contributed by atoms with Crippen molar-refractivity contribution in [3.05, 3.63) is 0 Å². The number of primary amides is 1. The Kier molecular flexibility index (Phi) is 5.31. The first-order valence-corrected chi connectivity index (χ1v) is 7.21. The number of carbonyl (C=O) groups is 2. The van der Waals surface area contributed by atoms with Gasteiger partial charge in [-0.05, 0) is 23.3 Å². The number of amides is 2. The summed E-state index contributed by atoms with van der Waals surface area (Å²) >= 11 is 1.87. The van der Waals surface area contributed by atoms with E-state index in [1.54, 1.807) is 4.90 Å². The van der Waals surface area contributed by atoms with Gasteiger partial charge in [-0.25, -0.2) is 0 Å². The van der Waals surface area contributed by atoms with Crippen molar-refractivity contribution in [3.63, 3.8) is 0 Å². The molecule has 0 saturated carbocycles. The van der Waals surface area contributed by atoms with Crippen LogP contribution in [0.4, 0.5) is 0 Å². The number of hydrogen-bond acceptors (Lipinski definition) is 3. The van der Waals surface area contributed by atoms with E-state index >= 15 is 0 Å². The predicted octanol–water partition coefficient (Wildman–Crippen LogP) is 1.24. The number of rotatable bonds is 6. The summed E-state index contributed by atoms with van der Waals surface area (Å²) in [5.74, 6) is 1.03. The molecule has 2 N–H and O–H groups in total. The molecule has 1 rings (SSSR count). The van der Waals surface area contributed by atoms with Crippen LogP contribution in [0.1, 0.15) is 33.6 Å². The molecule has 1 heterocycles. The Labute approximate surface area is 107 Å². The van der Waals surface area contributed by atoms with E-state index in [0.29, 0.717) is 30.6 Å². The van der Waals surface area contributed by atoms with Crippen LogP contribution in [0.5, 0.6) is 0 Å². The molecule has 17 heavy (non-hydrogen) atoms. The van der Waals surface area contributed by atoms with Gasteiger partial charge in [0.1, 0.15) is 6.04 Å². The molecule has 0 aromatic carbocycles. The van der Waals surface area contributed by atoms with Gasteiger partial charge >= 0.3 is 0 Å². The average Bonchev–Trinajstić information content (AvgIpc) is 2.58. The molecule has 2 amide bonds. The lowest BCUT2D eigenvalue weighted by atomic mass is 10.1. The fraction of sp³-hybridized carbons (Fsp3) is 0.833. The van der Waals surface area contributed by atoms with Crippen LogP contribution in [0.25, 0.3) is 0 Å². The van der Waals surface area contributed by atoms with Gasteiger partial charge in [-0.15, -0.1) is 0 Å². The maximum Gasteiger partial charge on any atom is 0.240 e. The number of hydrogen-bond donors (Lipinski definition) is 1. The summed E-state index contributed by atoms with van der Waals surface area (Å²) in [5.41, 5.74) is 5.32. The Balaban J connectivity index is 2.54. The van der Waals surface area contributed by atoms with Crippen LogP contribution in [0, 0.1) is 5.92 Å². The molecule has 1 fully saturated rings. The number of likely N-dealkylation sites (tertiary alicyclic amines) is 1. The van der Waals surface area contributed by atoms with E-state index in [9.17, 15) is 9.59 Å². The monoisotopic (exact) mass is 258 g/mol. The first-order valence-electron chi connectivity index (χ1n) is 6.16. The minimum atomic E-state index is -0.420. The SMILES string of the molecule is CC[C@@H](C(N)=O)N1CC(CSC(C)C)CC1=O. The fourth-order valence-corrected chi connectivity index (χ4v) is 3.01. The molecular formula is C12H22N2O2S. The Morgan fingerprint density at radius 3 is 2.71 bits per heavy atom. The Bertz CT molecular complexity index is 294. The summed E-state index contributed by atoms with van der Waals surface area (Å²) in [6.45, 7) is 6.87. The Morgan fingerprint density at radius 2 is 2.24 bits per heavy atom. The second kappa shape index (κ2) is 6.28. The Hall–Kier alpha value is -0.710. The minimum absolute atomic E-state index is 0.0741. The molecule has 0 aromatic heterocycles. The van der Waals surface area contributed by atoms with Crippen LogP contribution < -0.4 is 5.73 Å². The van der Waals surface area contributed by atoms with Crippen LogP contribution in [0.3, 0.4) is 0 Å². The topological polar surface area (TPSA) is 63.4 Å². The van der Waals surface area contributed by atoms with Crippen molar-refractivity contribution in [3.8, 4) is 0 Å². The van der Waals surface area contributed by atoms with Gasteiger partial charge in [0.05, 0.1) is 0 Å². The van der Waals surface area contributed by atoms with Gasteiger partial charge in [-0.2, -0.15) is 11.8 Å². The van der Waals surface area contributed by atoms with Crippen molar-refractivity contribution in [2.24, 2.45) is 11.7 Å². The second-order valence-corrected chi connectivity index (χ2v) is 6.43. The molecule has 4 nitrogen and oxygen atoms in total. The zero-order chi connectivity index (χ0) is 13.0. The van der Waals surface area contributed by atoms with Crippen molar-refractivity contribution < 1.29 is 9.59 Å². The van der Waals surface area contributed by atoms with E-state index in [0.717, 1.165) is 5.75 Å². The van der Waals surface area contributed by atoms with Gasteiger partial charge in [0, 0.05) is 13.0 Å². The average molecular weight is 258 g/mol. The Morgan fingerprint density at radius 1 is 1.59 bits per heavy atom. The molecule has 5 heteroatoms. The summed E-state index contributed by atoms with van der Waals surface area (Å²) in [6, 6.07) is -0.420. The lowest BCUT2D eigenvalue weighted by Crippen LogP contribution is -2.45. The lowest BCUT2D eigenvalue weighted by molar-refractivity contribution is -0.136. The summed E-state index contributed by atoms with van der Waals surface area (Å²) in [5, 5.41) is 0.581. The normalized spacial score (nSPS) is 22.2. The number of thioether (sulfide) groups is 1. The van der Waals surface area contributed by atoms with E-state index in [4.69, 9.17) is 5.73 Å². The van der Waals surface area contributed by atoms with Gasteiger partial charge in [-0.3, -0.25) is 9.59 Å². The molecule has 98 valence electrons. The highest BCUT2D eigenvalue weighted by Crippen LogP contribution is 2.26. The van der Waals surface area contributed by atoms with Gasteiger partial charge in [0.2, 0.25) is 11.8 Å². The second-order valence-electron chi connectivity index (χ2n) is 4.82. The maximum absolute atomic E-state index is 11.8. The van der Waals surface area contributed by atoms with Crippen LogP contribution in [-0.4, -0.2) is 40.3 Å². The van der Waals surface area contributed by atoms with E-state index in [1.165, 1.54) is 0 Å².